The average Bonchev–Trinajstić information content (AvgIpc) is 3.20. The van der Waals surface area contributed by atoms with Crippen LogP contribution in [-0.4, -0.2) is 39.9 Å². The summed E-state index contributed by atoms with van der Waals surface area (Å²) < 4.78 is 7.67. The van der Waals surface area contributed by atoms with E-state index in [1.807, 2.05) is 4.68 Å². The number of benzene rings is 2. The molecule has 3 aromatic rings. The van der Waals surface area contributed by atoms with Crippen molar-refractivity contribution >= 4 is 0 Å². The summed E-state index contributed by atoms with van der Waals surface area (Å²) in [6, 6.07) is 15.8. The maximum Gasteiger partial charge on any atom is 0.182 e. The summed E-state index contributed by atoms with van der Waals surface area (Å²) in [7, 11) is 1.75. The van der Waals surface area contributed by atoms with Gasteiger partial charge in [-0.25, -0.2) is 4.68 Å². The minimum absolute atomic E-state index is 0.319. The predicted molar refractivity (Wildman–Crippen MR) is 115 cm³/mol. The van der Waals surface area contributed by atoms with Crippen molar-refractivity contribution in [3.05, 3.63) is 59.2 Å². The van der Waals surface area contributed by atoms with Crippen LogP contribution in [0.1, 0.15) is 42.0 Å². The van der Waals surface area contributed by atoms with E-state index in [0.29, 0.717) is 12.1 Å². The van der Waals surface area contributed by atoms with Gasteiger partial charge >= 0.3 is 0 Å². The van der Waals surface area contributed by atoms with Gasteiger partial charge in [-0.2, -0.15) is 0 Å². The first kappa shape index (κ1) is 19.2. The van der Waals surface area contributed by atoms with Gasteiger partial charge in [0.15, 0.2) is 5.82 Å². The van der Waals surface area contributed by atoms with E-state index < -0.39 is 0 Å². The van der Waals surface area contributed by atoms with Gasteiger partial charge in [-0.3, -0.25) is 0 Å². The van der Waals surface area contributed by atoms with E-state index in [0.717, 1.165) is 61.6 Å². The third-order valence-corrected chi connectivity index (χ3v) is 6.27. The van der Waals surface area contributed by atoms with E-state index in [2.05, 4.69) is 68.6 Å². The molecule has 30 heavy (non-hydrogen) atoms. The second-order valence-corrected chi connectivity index (χ2v) is 8.12. The van der Waals surface area contributed by atoms with Gasteiger partial charge in [-0.15, -0.1) is 5.10 Å². The third kappa shape index (κ3) is 3.70. The molecule has 1 aromatic heterocycles. The van der Waals surface area contributed by atoms with Gasteiger partial charge in [0.2, 0.25) is 0 Å². The van der Waals surface area contributed by atoms with Crippen molar-refractivity contribution in [3.8, 4) is 17.1 Å². The zero-order valence-electron chi connectivity index (χ0n) is 17.3. The van der Waals surface area contributed by atoms with Crippen molar-refractivity contribution in [2.45, 2.75) is 50.9 Å². The first-order valence-corrected chi connectivity index (χ1v) is 10.8. The van der Waals surface area contributed by atoms with Gasteiger partial charge in [0, 0.05) is 36.3 Å². The number of rotatable bonds is 5. The van der Waals surface area contributed by atoms with Crippen LogP contribution in [0, 0.1) is 0 Å². The molecule has 7 nitrogen and oxygen atoms in total. The van der Waals surface area contributed by atoms with Gasteiger partial charge in [0.25, 0.3) is 0 Å². The summed E-state index contributed by atoms with van der Waals surface area (Å²) in [4.78, 5) is 0. The summed E-state index contributed by atoms with van der Waals surface area (Å²) in [5.41, 5.74) is 4.86. The highest BCUT2D eigenvalue weighted by atomic mass is 16.5. The topological polar surface area (TPSA) is 76.9 Å². The normalized spacial score (nSPS) is 20.8. The van der Waals surface area contributed by atoms with Crippen molar-refractivity contribution in [2.75, 3.05) is 13.7 Å². The molecular formula is C23H28N6O. The Morgan fingerprint density at radius 3 is 2.97 bits per heavy atom. The molecule has 0 amide bonds. The molecule has 2 aliphatic rings. The van der Waals surface area contributed by atoms with Gasteiger partial charge in [-0.1, -0.05) is 30.3 Å². The smallest absolute Gasteiger partial charge is 0.182 e. The van der Waals surface area contributed by atoms with Crippen LogP contribution >= 0.6 is 0 Å². The molecule has 0 aliphatic carbocycles. The first-order valence-electron chi connectivity index (χ1n) is 10.8. The molecule has 0 saturated carbocycles. The number of fused-ring (bicyclic) bond motifs is 3. The number of tetrazole rings is 1. The fraction of sp³-hybridized carbons (Fsp3) is 0.435. The van der Waals surface area contributed by atoms with Crippen molar-refractivity contribution in [2.24, 2.45) is 0 Å². The molecule has 3 heterocycles. The maximum absolute atomic E-state index is 5.76. The predicted octanol–water partition coefficient (Wildman–Crippen LogP) is 2.88. The number of aryl methyl sites for hydroxylation is 2. The fourth-order valence-electron chi connectivity index (χ4n) is 4.74. The van der Waals surface area contributed by atoms with Crippen LogP contribution < -0.4 is 15.4 Å². The van der Waals surface area contributed by atoms with Crippen LogP contribution in [0.25, 0.3) is 11.4 Å². The Balaban J connectivity index is 1.41. The van der Waals surface area contributed by atoms with Crippen LogP contribution in [0.5, 0.6) is 5.75 Å². The van der Waals surface area contributed by atoms with Crippen LogP contribution in [-0.2, 0) is 19.5 Å². The largest absolute Gasteiger partial charge is 0.496 e. The molecular weight excluding hydrogens is 376 g/mol. The van der Waals surface area contributed by atoms with Gasteiger partial charge in [0.05, 0.1) is 7.11 Å². The van der Waals surface area contributed by atoms with Crippen molar-refractivity contribution in [1.82, 2.24) is 30.8 Å². The van der Waals surface area contributed by atoms with E-state index in [1.54, 1.807) is 7.11 Å². The van der Waals surface area contributed by atoms with Crippen molar-refractivity contribution in [1.29, 1.82) is 0 Å². The minimum Gasteiger partial charge on any atom is -0.496 e. The summed E-state index contributed by atoms with van der Waals surface area (Å²) >= 11 is 0. The number of nitrogens with one attached hydrogen (secondary N) is 2. The monoisotopic (exact) mass is 404 g/mol. The third-order valence-electron chi connectivity index (χ3n) is 6.27. The summed E-state index contributed by atoms with van der Waals surface area (Å²) in [6.45, 7) is 2.65. The number of ether oxygens (including phenoxy) is 1. The SMILES string of the molecule is COc1cc2c(cc1CN[C@H]1CCCN[C@H]1c1ccccc1)-c1nnnn1CCC2. The minimum atomic E-state index is 0.319. The Bertz CT molecular complexity index is 1000. The van der Waals surface area contributed by atoms with Crippen LogP contribution in [0.2, 0.25) is 0 Å². The molecule has 156 valence electrons. The molecule has 5 rings (SSSR count). The standard InChI is InChI=1S/C23H28N6O/c1-30-21-14-17-9-6-12-29-23(26-27-28-29)19(17)13-18(21)15-25-20-10-5-11-24-22(20)16-7-3-2-4-8-16/h2-4,7-8,13-14,20,22,24-25H,5-6,9-12,15H2,1H3/t20-,22-/m0/s1. The molecule has 0 radical (unpaired) electrons. The zero-order chi connectivity index (χ0) is 20.3. The molecule has 2 aliphatic heterocycles. The number of piperidine rings is 1. The molecule has 0 bridgehead atoms. The van der Waals surface area contributed by atoms with E-state index in [4.69, 9.17) is 4.74 Å². The second kappa shape index (κ2) is 8.53. The maximum atomic E-state index is 5.76. The van der Waals surface area contributed by atoms with Crippen LogP contribution in [0.15, 0.2) is 42.5 Å². The van der Waals surface area contributed by atoms with E-state index >= 15 is 0 Å². The Kier molecular flexibility index (Phi) is 5.46. The summed E-state index contributed by atoms with van der Waals surface area (Å²) in [5, 5.41) is 19.8. The van der Waals surface area contributed by atoms with E-state index in [-0.39, 0.29) is 0 Å². The molecule has 0 unspecified atom stereocenters. The lowest BCUT2D eigenvalue weighted by Gasteiger charge is -2.34. The Morgan fingerprint density at radius 1 is 1.20 bits per heavy atom. The van der Waals surface area contributed by atoms with Gasteiger partial charge in [-0.05, 0) is 65.9 Å². The molecule has 7 heteroatoms. The molecule has 2 atom stereocenters. The molecule has 1 fully saturated rings. The highest BCUT2D eigenvalue weighted by Gasteiger charge is 2.26. The van der Waals surface area contributed by atoms with Crippen LogP contribution in [0.3, 0.4) is 0 Å². The highest BCUT2D eigenvalue weighted by Crippen LogP contribution is 2.33. The zero-order valence-corrected chi connectivity index (χ0v) is 17.3. The number of aromatic nitrogens is 4. The molecule has 2 N–H and O–H groups in total. The average molecular weight is 405 g/mol. The summed E-state index contributed by atoms with van der Waals surface area (Å²) in [6.07, 6.45) is 4.35. The second-order valence-electron chi connectivity index (χ2n) is 8.12. The highest BCUT2D eigenvalue weighted by molar-refractivity contribution is 5.64. The number of methoxy groups -OCH3 is 1. The van der Waals surface area contributed by atoms with E-state index in [9.17, 15) is 0 Å². The first-order chi connectivity index (χ1) is 14.8. The lowest BCUT2D eigenvalue weighted by atomic mass is 9.92. The quantitative estimate of drug-likeness (QED) is 0.681. The molecule has 2 aromatic carbocycles. The Morgan fingerprint density at radius 2 is 2.10 bits per heavy atom. The van der Waals surface area contributed by atoms with Gasteiger partial charge < -0.3 is 15.4 Å². The number of hydrogen-bond donors (Lipinski definition) is 2. The summed E-state index contributed by atoms with van der Waals surface area (Å²) in [5.74, 6) is 1.79. The van der Waals surface area contributed by atoms with Crippen molar-refractivity contribution < 1.29 is 4.74 Å². The Hall–Kier alpha value is -2.77. The Labute approximate surface area is 176 Å². The number of nitrogens with zero attached hydrogens (tertiary/aromatic N) is 4. The van der Waals surface area contributed by atoms with Gasteiger partial charge in [0.1, 0.15) is 5.75 Å². The molecule has 1 saturated heterocycles. The van der Waals surface area contributed by atoms with Crippen molar-refractivity contribution in [3.63, 3.8) is 0 Å². The fourth-order valence-corrected chi connectivity index (χ4v) is 4.74. The number of hydrogen-bond acceptors (Lipinski definition) is 6. The molecule has 0 spiro atoms. The van der Waals surface area contributed by atoms with Crippen LogP contribution in [0.4, 0.5) is 0 Å². The van der Waals surface area contributed by atoms with E-state index in [1.165, 1.54) is 17.5 Å². The lowest BCUT2D eigenvalue weighted by Crippen LogP contribution is -2.45. The lowest BCUT2D eigenvalue weighted by molar-refractivity contribution is 0.303.